The number of aryl methyl sites for hydroxylation is 2. The molecule has 7 heteroatoms. The van der Waals surface area contributed by atoms with Crippen LogP contribution in [0.4, 0.5) is 8.78 Å². The van der Waals surface area contributed by atoms with E-state index >= 15 is 0 Å². The van der Waals surface area contributed by atoms with E-state index in [1.54, 1.807) is 11.6 Å². The Balaban J connectivity index is 2.31. The Labute approximate surface area is 115 Å². The van der Waals surface area contributed by atoms with Gasteiger partial charge in [-0.05, 0) is 25.5 Å². The monoisotopic (exact) mass is 281 g/mol. The minimum Gasteiger partial charge on any atom is -0.271 e. The molecule has 0 aliphatic rings. The molecule has 0 aliphatic heterocycles. The predicted octanol–water partition coefficient (Wildman–Crippen LogP) is 1.63. The second kappa shape index (κ2) is 6.06. The number of aromatic nitrogens is 3. The normalized spacial score (nSPS) is 12.7. The second-order valence-electron chi connectivity index (χ2n) is 4.54. The fourth-order valence-corrected chi connectivity index (χ4v) is 2.10. The van der Waals surface area contributed by atoms with Crippen LogP contribution < -0.4 is 11.3 Å². The van der Waals surface area contributed by atoms with E-state index in [9.17, 15) is 8.78 Å². The maximum Gasteiger partial charge on any atom is 0.138 e. The largest absolute Gasteiger partial charge is 0.271 e. The van der Waals surface area contributed by atoms with Crippen LogP contribution in [0.3, 0.4) is 0 Å². The van der Waals surface area contributed by atoms with Crippen molar-refractivity contribution < 1.29 is 8.78 Å². The molecule has 1 aromatic heterocycles. The highest BCUT2D eigenvalue weighted by Gasteiger charge is 2.19. The number of nitrogens with one attached hydrogen (secondary N) is 1. The molecular formula is C13H17F2N5. The lowest BCUT2D eigenvalue weighted by Crippen LogP contribution is -2.31. The van der Waals surface area contributed by atoms with Crippen molar-refractivity contribution in [1.82, 2.24) is 20.2 Å². The van der Waals surface area contributed by atoms with Gasteiger partial charge in [0, 0.05) is 24.6 Å². The van der Waals surface area contributed by atoms with Crippen molar-refractivity contribution >= 4 is 0 Å². The molecule has 0 radical (unpaired) electrons. The van der Waals surface area contributed by atoms with Crippen molar-refractivity contribution in [1.29, 1.82) is 0 Å². The summed E-state index contributed by atoms with van der Waals surface area (Å²) in [5, 5.41) is 4.05. The number of nitrogens with two attached hydrogens (primary N) is 1. The van der Waals surface area contributed by atoms with Gasteiger partial charge in [-0.15, -0.1) is 0 Å². The van der Waals surface area contributed by atoms with Gasteiger partial charge in [0.25, 0.3) is 0 Å². The molecule has 0 fully saturated rings. The Kier molecular flexibility index (Phi) is 4.41. The van der Waals surface area contributed by atoms with Gasteiger partial charge >= 0.3 is 0 Å². The number of benzene rings is 1. The fourth-order valence-electron chi connectivity index (χ4n) is 2.10. The highest BCUT2D eigenvalue weighted by atomic mass is 19.1. The van der Waals surface area contributed by atoms with Crippen molar-refractivity contribution in [2.24, 2.45) is 5.84 Å². The topological polar surface area (TPSA) is 68.8 Å². The van der Waals surface area contributed by atoms with Crippen LogP contribution in [0.25, 0.3) is 0 Å². The van der Waals surface area contributed by atoms with Crippen molar-refractivity contribution in [3.05, 3.63) is 47.0 Å². The van der Waals surface area contributed by atoms with Crippen LogP contribution in [0, 0.1) is 18.6 Å². The minimum absolute atomic E-state index is 0.317. The molecule has 2 aromatic rings. The number of rotatable bonds is 5. The van der Waals surface area contributed by atoms with Crippen LogP contribution in [-0.2, 0) is 13.0 Å². The number of hydrogen-bond acceptors (Lipinski definition) is 4. The van der Waals surface area contributed by atoms with Crippen LogP contribution in [0.15, 0.2) is 18.5 Å². The van der Waals surface area contributed by atoms with Crippen LogP contribution in [-0.4, -0.2) is 14.8 Å². The maximum absolute atomic E-state index is 13.9. The lowest BCUT2D eigenvalue weighted by Gasteiger charge is -2.17. The first-order chi connectivity index (χ1) is 9.56. The zero-order chi connectivity index (χ0) is 14.7. The second-order valence-corrected chi connectivity index (χ2v) is 4.54. The number of halogens is 2. The summed E-state index contributed by atoms with van der Waals surface area (Å²) in [4.78, 5) is 4.13. The molecule has 0 aliphatic carbocycles. The molecule has 0 bridgehead atoms. The van der Waals surface area contributed by atoms with E-state index < -0.39 is 17.7 Å². The lowest BCUT2D eigenvalue weighted by atomic mass is 10.0. The molecule has 0 saturated carbocycles. The minimum atomic E-state index is -0.626. The third-order valence-electron chi connectivity index (χ3n) is 3.24. The van der Waals surface area contributed by atoms with E-state index in [-0.39, 0.29) is 0 Å². The molecule has 1 atom stereocenters. The summed E-state index contributed by atoms with van der Waals surface area (Å²) >= 11 is 0. The SMILES string of the molecule is CCn1ncnc1CC(NN)c1cc(C)c(F)cc1F. The van der Waals surface area contributed by atoms with Crippen LogP contribution in [0.2, 0.25) is 0 Å². The van der Waals surface area contributed by atoms with Crippen LogP contribution in [0.1, 0.15) is 29.9 Å². The van der Waals surface area contributed by atoms with Crippen molar-refractivity contribution in [3.8, 4) is 0 Å². The van der Waals surface area contributed by atoms with Crippen molar-refractivity contribution in [3.63, 3.8) is 0 Å². The van der Waals surface area contributed by atoms with E-state index in [1.165, 1.54) is 12.4 Å². The molecule has 1 heterocycles. The average molecular weight is 281 g/mol. The van der Waals surface area contributed by atoms with E-state index in [0.717, 1.165) is 6.07 Å². The average Bonchev–Trinajstić information content (AvgIpc) is 2.87. The molecule has 1 aromatic carbocycles. The summed E-state index contributed by atoms with van der Waals surface area (Å²) in [6.07, 6.45) is 1.81. The van der Waals surface area contributed by atoms with Gasteiger partial charge in [0.15, 0.2) is 0 Å². The first-order valence-corrected chi connectivity index (χ1v) is 6.35. The predicted molar refractivity (Wildman–Crippen MR) is 70.6 cm³/mol. The quantitative estimate of drug-likeness (QED) is 0.645. The van der Waals surface area contributed by atoms with E-state index in [0.29, 0.717) is 29.9 Å². The van der Waals surface area contributed by atoms with Crippen LogP contribution in [0.5, 0.6) is 0 Å². The third kappa shape index (κ3) is 2.83. The van der Waals surface area contributed by atoms with Gasteiger partial charge in [0.1, 0.15) is 23.8 Å². The number of hydrogen-bond donors (Lipinski definition) is 2. The molecule has 1 unspecified atom stereocenters. The summed E-state index contributed by atoms with van der Waals surface area (Å²) in [7, 11) is 0. The zero-order valence-corrected chi connectivity index (χ0v) is 11.4. The summed E-state index contributed by atoms with van der Waals surface area (Å²) in [5.41, 5.74) is 3.24. The van der Waals surface area contributed by atoms with Crippen molar-refractivity contribution in [2.75, 3.05) is 0 Å². The summed E-state index contributed by atoms with van der Waals surface area (Å²) in [6.45, 7) is 4.18. The van der Waals surface area contributed by atoms with Crippen LogP contribution >= 0.6 is 0 Å². The molecule has 0 saturated heterocycles. The summed E-state index contributed by atoms with van der Waals surface area (Å²) in [6, 6.07) is 1.84. The fraction of sp³-hybridized carbons (Fsp3) is 0.385. The zero-order valence-electron chi connectivity index (χ0n) is 11.4. The Morgan fingerprint density at radius 1 is 1.35 bits per heavy atom. The number of nitrogens with zero attached hydrogens (tertiary/aromatic N) is 3. The first-order valence-electron chi connectivity index (χ1n) is 6.35. The Morgan fingerprint density at radius 2 is 2.10 bits per heavy atom. The highest BCUT2D eigenvalue weighted by Crippen LogP contribution is 2.23. The molecule has 0 amide bonds. The first kappa shape index (κ1) is 14.5. The highest BCUT2D eigenvalue weighted by molar-refractivity contribution is 5.28. The van der Waals surface area contributed by atoms with Gasteiger partial charge in [-0.2, -0.15) is 5.10 Å². The Hall–Kier alpha value is -1.86. The molecule has 0 spiro atoms. The van der Waals surface area contributed by atoms with Gasteiger partial charge in [-0.1, -0.05) is 0 Å². The van der Waals surface area contributed by atoms with E-state index in [4.69, 9.17) is 5.84 Å². The van der Waals surface area contributed by atoms with Crippen molar-refractivity contribution in [2.45, 2.75) is 32.9 Å². The smallest absolute Gasteiger partial charge is 0.138 e. The molecule has 20 heavy (non-hydrogen) atoms. The standard InChI is InChI=1S/C13H17F2N5/c1-3-20-13(17-7-18-20)6-12(19-16)9-4-8(2)10(14)5-11(9)15/h4-5,7,12,19H,3,6,16H2,1-2H3. The molecule has 5 nitrogen and oxygen atoms in total. The summed E-state index contributed by atoms with van der Waals surface area (Å²) < 4.78 is 28.9. The Bertz CT molecular complexity index is 596. The van der Waals surface area contributed by atoms with Gasteiger partial charge in [-0.25, -0.2) is 13.8 Å². The van der Waals surface area contributed by atoms with Gasteiger partial charge in [0.2, 0.25) is 0 Å². The maximum atomic E-state index is 13.9. The van der Waals surface area contributed by atoms with E-state index in [1.807, 2.05) is 6.92 Å². The molecule has 3 N–H and O–H groups in total. The van der Waals surface area contributed by atoms with Gasteiger partial charge in [-0.3, -0.25) is 16.0 Å². The summed E-state index contributed by atoms with van der Waals surface area (Å²) in [5.74, 6) is 5.00. The molecular weight excluding hydrogens is 264 g/mol. The van der Waals surface area contributed by atoms with Gasteiger partial charge < -0.3 is 0 Å². The molecule has 2 rings (SSSR count). The van der Waals surface area contributed by atoms with E-state index in [2.05, 4.69) is 15.5 Å². The Morgan fingerprint density at radius 3 is 2.75 bits per heavy atom. The molecule has 108 valence electrons. The van der Waals surface area contributed by atoms with Gasteiger partial charge in [0.05, 0.1) is 6.04 Å². The lowest BCUT2D eigenvalue weighted by molar-refractivity contribution is 0.479. The third-order valence-corrected chi connectivity index (χ3v) is 3.24. The number of hydrazine groups is 1.